The Morgan fingerprint density at radius 2 is 1.94 bits per heavy atom. The maximum Gasteiger partial charge on any atom is 0.492 e. The van der Waals surface area contributed by atoms with E-state index in [0.29, 0.717) is 16.5 Å². The molecular weight excluding hydrogens is 238 g/mol. The van der Waals surface area contributed by atoms with Gasteiger partial charge in [-0.25, -0.2) is 4.89 Å². The average Bonchev–Trinajstić information content (AvgIpc) is 2.57. The van der Waals surface area contributed by atoms with Crippen LogP contribution in [0.1, 0.15) is 20.8 Å². The van der Waals surface area contributed by atoms with Gasteiger partial charge in [-0.1, -0.05) is 12.1 Å². The van der Waals surface area contributed by atoms with Gasteiger partial charge < -0.3 is 14.8 Å². The Balaban J connectivity index is 2.64. The highest BCUT2D eigenvalue weighted by atomic mass is 31.2. The van der Waals surface area contributed by atoms with E-state index in [-0.39, 0.29) is 11.5 Å². The summed E-state index contributed by atoms with van der Waals surface area (Å²) in [6.45, 7) is 5.83. The maximum absolute atomic E-state index is 10.9. The summed E-state index contributed by atoms with van der Waals surface area (Å²) in [7, 11) is -4.11. The lowest BCUT2D eigenvalue weighted by Gasteiger charge is -2.27. The Kier molecular flexibility index (Phi) is 2.99. The van der Waals surface area contributed by atoms with Crippen LogP contribution >= 0.6 is 7.49 Å². The third-order valence-electron chi connectivity index (χ3n) is 3.19. The summed E-state index contributed by atoms with van der Waals surface area (Å²) in [5, 5.41) is 19.0. The lowest BCUT2D eigenvalue weighted by molar-refractivity contribution is 0.383. The van der Waals surface area contributed by atoms with E-state index < -0.39 is 14.6 Å². The minimum Gasteiger partial charge on any atom is -0.452 e. The molecule has 0 bridgehead atoms. The van der Waals surface area contributed by atoms with Crippen molar-refractivity contribution < 1.29 is 19.7 Å². The van der Waals surface area contributed by atoms with Gasteiger partial charge in [-0.05, 0) is 26.8 Å². The van der Waals surface area contributed by atoms with Crippen molar-refractivity contribution in [1.82, 2.24) is 0 Å². The van der Waals surface area contributed by atoms with Crippen molar-refractivity contribution in [3.05, 3.63) is 18.2 Å². The summed E-state index contributed by atoms with van der Waals surface area (Å²) in [6, 6.07) is 5.08. The van der Waals surface area contributed by atoms with Gasteiger partial charge in [0.1, 0.15) is 5.16 Å². The van der Waals surface area contributed by atoms with Gasteiger partial charge in [-0.15, -0.1) is 0 Å². The summed E-state index contributed by atoms with van der Waals surface area (Å²) < 4.78 is 5.51. The molecule has 0 radical (unpaired) electrons. The van der Waals surface area contributed by atoms with E-state index in [1.165, 1.54) is 0 Å². The molecule has 0 fully saturated rings. The molecule has 4 nitrogen and oxygen atoms in total. The van der Waals surface area contributed by atoms with Crippen molar-refractivity contribution in [2.45, 2.75) is 25.9 Å². The van der Waals surface area contributed by atoms with Crippen LogP contribution in [0.5, 0.6) is 5.75 Å². The van der Waals surface area contributed by atoms with Crippen molar-refractivity contribution in [3.8, 4) is 5.75 Å². The molecule has 0 saturated heterocycles. The van der Waals surface area contributed by atoms with E-state index in [4.69, 9.17) is 4.74 Å². The van der Waals surface area contributed by atoms with Crippen molar-refractivity contribution in [1.29, 1.82) is 0 Å². The van der Waals surface area contributed by atoms with Crippen LogP contribution in [0.15, 0.2) is 18.2 Å². The number of hydrogen-bond donors (Lipinski definition) is 3. The first-order valence-electron chi connectivity index (χ1n) is 5.51. The average molecular weight is 255 g/mol. The van der Waals surface area contributed by atoms with Gasteiger partial charge in [-0.3, -0.25) is 0 Å². The number of ether oxygens (including phenoxy) is 1. The second kappa shape index (κ2) is 3.96. The maximum atomic E-state index is 10.9. The molecule has 6 heteroatoms. The molecule has 17 heavy (non-hydrogen) atoms. The molecule has 92 valence electrons. The summed E-state index contributed by atoms with van der Waals surface area (Å²) in [6.07, 6.45) is 0.246. The van der Waals surface area contributed by atoms with Crippen LogP contribution < -0.4 is 15.5 Å². The SMILES string of the molecule is CC(C)(C)[P+]1(O)COc2cccc(B(O)O)c21. The first-order chi connectivity index (χ1) is 7.77. The summed E-state index contributed by atoms with van der Waals surface area (Å²) in [4.78, 5) is 10.9. The van der Waals surface area contributed by atoms with Gasteiger partial charge >= 0.3 is 7.12 Å². The predicted molar refractivity (Wildman–Crippen MR) is 70.3 cm³/mol. The first kappa shape index (κ1) is 12.8. The third-order valence-corrected chi connectivity index (χ3v) is 7.14. The Bertz CT molecular complexity index is 444. The topological polar surface area (TPSA) is 69.9 Å². The molecule has 1 unspecified atom stereocenters. The molecule has 2 rings (SSSR count). The molecule has 0 amide bonds. The van der Waals surface area contributed by atoms with Crippen molar-refractivity contribution in [3.63, 3.8) is 0 Å². The number of fused-ring (bicyclic) bond motifs is 1. The molecule has 1 atom stereocenters. The van der Waals surface area contributed by atoms with E-state index in [9.17, 15) is 14.9 Å². The zero-order valence-corrected chi connectivity index (χ0v) is 11.1. The monoisotopic (exact) mass is 255 g/mol. The highest BCUT2D eigenvalue weighted by Gasteiger charge is 2.59. The molecule has 1 aliphatic heterocycles. The molecular formula is C11H17BO4P+. The number of rotatable bonds is 1. The normalized spacial score (nSPS) is 23.2. The highest BCUT2D eigenvalue weighted by molar-refractivity contribution is 7.80. The van der Waals surface area contributed by atoms with E-state index in [1.54, 1.807) is 18.2 Å². The molecule has 0 spiro atoms. The minimum absolute atomic E-state index is 0.246. The van der Waals surface area contributed by atoms with Crippen molar-refractivity contribution in [2.24, 2.45) is 0 Å². The van der Waals surface area contributed by atoms with Crippen LogP contribution in [-0.2, 0) is 0 Å². The molecule has 1 heterocycles. The molecule has 0 aliphatic carbocycles. The molecule has 1 aromatic rings. The lowest BCUT2D eigenvalue weighted by Crippen LogP contribution is -2.44. The van der Waals surface area contributed by atoms with Gasteiger partial charge in [0.05, 0.1) is 0 Å². The van der Waals surface area contributed by atoms with Crippen LogP contribution in [0.2, 0.25) is 0 Å². The lowest BCUT2D eigenvalue weighted by atomic mass is 9.80. The summed E-state index contributed by atoms with van der Waals surface area (Å²) in [5.74, 6) is 0.571. The predicted octanol–water partition coefficient (Wildman–Crippen LogP) is 0.0650. The summed E-state index contributed by atoms with van der Waals surface area (Å²) >= 11 is 0. The van der Waals surface area contributed by atoms with Crippen molar-refractivity contribution in [2.75, 3.05) is 6.35 Å². The summed E-state index contributed by atoms with van der Waals surface area (Å²) in [5.41, 5.74) is 0.353. The number of hydrogen-bond acceptors (Lipinski definition) is 4. The Morgan fingerprint density at radius 3 is 2.47 bits per heavy atom. The first-order valence-corrected chi connectivity index (χ1v) is 7.43. The minimum atomic E-state index is -2.53. The van der Waals surface area contributed by atoms with Crippen LogP contribution in [0.3, 0.4) is 0 Å². The second-order valence-corrected chi connectivity index (χ2v) is 8.87. The van der Waals surface area contributed by atoms with Crippen LogP contribution in [-0.4, -0.2) is 33.6 Å². The van der Waals surface area contributed by atoms with Crippen LogP contribution in [0, 0.1) is 0 Å². The van der Waals surface area contributed by atoms with Crippen molar-refractivity contribution >= 4 is 25.4 Å². The second-order valence-electron chi connectivity index (χ2n) is 5.28. The number of benzene rings is 1. The molecule has 1 aliphatic rings. The van der Waals surface area contributed by atoms with Gasteiger partial charge in [0.15, 0.2) is 11.1 Å². The fourth-order valence-corrected chi connectivity index (χ4v) is 4.65. The third kappa shape index (κ3) is 1.87. The smallest absolute Gasteiger partial charge is 0.452 e. The van der Waals surface area contributed by atoms with Gasteiger partial charge in [0.2, 0.25) is 13.8 Å². The van der Waals surface area contributed by atoms with Crippen LogP contribution in [0.25, 0.3) is 0 Å². The van der Waals surface area contributed by atoms with Crippen LogP contribution in [0.4, 0.5) is 0 Å². The van der Waals surface area contributed by atoms with Gasteiger partial charge in [-0.2, -0.15) is 0 Å². The standard InChI is InChI=1S/C11H17BO4P/c1-11(2,3)17(15)7-16-9-6-4-5-8(10(9)17)12(13)14/h4-6,13-15H,7H2,1-3H3/q+1. The van der Waals surface area contributed by atoms with E-state index in [0.717, 1.165) is 0 Å². The molecule has 1 aromatic carbocycles. The van der Waals surface area contributed by atoms with E-state index in [1.807, 2.05) is 20.8 Å². The van der Waals surface area contributed by atoms with E-state index in [2.05, 4.69) is 0 Å². The highest BCUT2D eigenvalue weighted by Crippen LogP contribution is 2.67. The van der Waals surface area contributed by atoms with Gasteiger partial charge in [0.25, 0.3) is 0 Å². The fraction of sp³-hybridized carbons (Fsp3) is 0.455. The molecule has 0 saturated carbocycles. The quantitative estimate of drug-likeness (QED) is 0.490. The Hall–Kier alpha value is -0.605. The largest absolute Gasteiger partial charge is 0.492 e. The molecule has 3 N–H and O–H groups in total. The Morgan fingerprint density at radius 1 is 1.29 bits per heavy atom. The zero-order valence-electron chi connectivity index (χ0n) is 10.2. The fourth-order valence-electron chi connectivity index (χ4n) is 2.02. The van der Waals surface area contributed by atoms with E-state index >= 15 is 0 Å². The molecule has 0 aromatic heterocycles. The zero-order chi connectivity index (χ0) is 12.8. The van der Waals surface area contributed by atoms with Gasteiger partial charge in [0, 0.05) is 5.46 Å². The Labute approximate surface area is 102 Å².